The minimum Gasteiger partial charge on any atom is -0.308 e. The molecule has 6 nitrogen and oxygen atoms in total. The van der Waals surface area contributed by atoms with Gasteiger partial charge in [-0.1, -0.05) is 12.1 Å². The van der Waals surface area contributed by atoms with Crippen molar-refractivity contribution in [3.05, 3.63) is 63.5 Å². The zero-order valence-electron chi connectivity index (χ0n) is 15.1. The van der Waals surface area contributed by atoms with Crippen molar-refractivity contribution in [1.82, 2.24) is 19.6 Å². The topological polar surface area (TPSA) is 64.7 Å². The highest BCUT2D eigenvalue weighted by Gasteiger charge is 2.30. The van der Waals surface area contributed by atoms with E-state index in [2.05, 4.69) is 31.4 Å². The lowest BCUT2D eigenvalue weighted by Crippen LogP contribution is -2.19. The molecule has 1 amide bonds. The predicted octanol–water partition coefficient (Wildman–Crippen LogP) is 4.16. The summed E-state index contributed by atoms with van der Waals surface area (Å²) in [5.41, 5.74) is 1.25. The number of anilines is 1. The predicted molar refractivity (Wildman–Crippen MR) is 101 cm³/mol. The normalized spacial score (nSPS) is 11.6. The molecule has 0 spiro atoms. The van der Waals surface area contributed by atoms with E-state index >= 15 is 0 Å². The molecule has 0 aliphatic heterocycles. The molecule has 148 valence electrons. The first kappa shape index (κ1) is 20.1. The average Bonchev–Trinajstić information content (AvgIpc) is 3.08. The van der Waals surface area contributed by atoms with Crippen molar-refractivity contribution < 1.29 is 18.0 Å². The van der Waals surface area contributed by atoms with Crippen LogP contribution in [0.5, 0.6) is 0 Å². The van der Waals surface area contributed by atoms with E-state index in [4.69, 9.17) is 0 Å². The van der Waals surface area contributed by atoms with Crippen molar-refractivity contribution in [3.63, 3.8) is 0 Å². The third-order valence-electron chi connectivity index (χ3n) is 4.03. The summed E-state index contributed by atoms with van der Waals surface area (Å²) in [4.78, 5) is 12.2. The quantitative estimate of drug-likeness (QED) is 0.627. The number of halogens is 4. The van der Waals surface area contributed by atoms with Crippen molar-refractivity contribution in [2.75, 3.05) is 5.32 Å². The van der Waals surface area contributed by atoms with Crippen LogP contribution in [0.15, 0.2) is 41.0 Å². The van der Waals surface area contributed by atoms with Crippen LogP contribution in [0.3, 0.4) is 0 Å². The molecule has 2 heterocycles. The third kappa shape index (κ3) is 4.80. The van der Waals surface area contributed by atoms with E-state index in [-0.39, 0.29) is 19.0 Å². The van der Waals surface area contributed by atoms with Gasteiger partial charge in [0.25, 0.3) is 0 Å². The first-order chi connectivity index (χ1) is 13.1. The van der Waals surface area contributed by atoms with Crippen molar-refractivity contribution in [2.24, 2.45) is 0 Å². The molecule has 28 heavy (non-hydrogen) atoms. The molecule has 3 rings (SSSR count). The van der Waals surface area contributed by atoms with Crippen molar-refractivity contribution in [2.45, 2.75) is 33.1 Å². The van der Waals surface area contributed by atoms with Gasteiger partial charge in [-0.05, 0) is 47.5 Å². The van der Waals surface area contributed by atoms with Crippen LogP contribution in [0.2, 0.25) is 0 Å². The number of benzene rings is 1. The summed E-state index contributed by atoms with van der Waals surface area (Å²) >= 11 is 3.33. The Kier molecular flexibility index (Phi) is 5.59. The van der Waals surface area contributed by atoms with Crippen LogP contribution >= 0.6 is 15.9 Å². The van der Waals surface area contributed by atoms with Crippen LogP contribution in [-0.2, 0) is 24.1 Å². The fourth-order valence-corrected chi connectivity index (χ4v) is 2.97. The van der Waals surface area contributed by atoms with E-state index < -0.39 is 11.7 Å². The molecular weight excluding hydrogens is 439 g/mol. The molecular formula is C18H17BrF3N5O. The first-order valence-electron chi connectivity index (χ1n) is 8.32. The Morgan fingerprint density at radius 1 is 1.21 bits per heavy atom. The van der Waals surface area contributed by atoms with Crippen molar-refractivity contribution in [3.8, 4) is 0 Å². The van der Waals surface area contributed by atoms with Crippen molar-refractivity contribution in [1.29, 1.82) is 0 Å². The van der Waals surface area contributed by atoms with Crippen LogP contribution in [0.1, 0.15) is 22.5 Å². The average molecular weight is 456 g/mol. The van der Waals surface area contributed by atoms with Gasteiger partial charge in [0, 0.05) is 18.0 Å². The molecule has 0 radical (unpaired) electrons. The molecule has 1 aromatic carbocycles. The summed E-state index contributed by atoms with van der Waals surface area (Å²) in [6.07, 6.45) is -2.69. The highest BCUT2D eigenvalue weighted by atomic mass is 79.9. The van der Waals surface area contributed by atoms with Gasteiger partial charge in [-0.3, -0.25) is 14.2 Å². The number of nitrogens with zero attached hydrogens (tertiary/aromatic N) is 4. The third-order valence-corrected chi connectivity index (χ3v) is 4.81. The molecule has 0 aliphatic rings. The highest BCUT2D eigenvalue weighted by molar-refractivity contribution is 9.10. The SMILES string of the molecule is Cc1nn(CC(=O)Nc2cc(C)n(Cc3cccc(C(F)(F)F)c3)n2)cc1Br. The molecule has 0 bridgehead atoms. The number of nitrogens with one attached hydrogen (secondary N) is 1. The Hall–Kier alpha value is -2.62. The van der Waals surface area contributed by atoms with E-state index in [1.165, 1.54) is 10.7 Å². The fraction of sp³-hybridized carbons (Fsp3) is 0.278. The van der Waals surface area contributed by atoms with Gasteiger partial charge >= 0.3 is 6.18 Å². The Bertz CT molecular complexity index is 990. The van der Waals surface area contributed by atoms with Gasteiger partial charge < -0.3 is 5.32 Å². The second-order valence-electron chi connectivity index (χ2n) is 6.33. The van der Waals surface area contributed by atoms with Gasteiger partial charge in [0.05, 0.1) is 22.3 Å². The number of carbonyl (C=O) groups excluding carboxylic acids is 1. The summed E-state index contributed by atoms with van der Waals surface area (Å²) in [5, 5.41) is 11.1. The number of rotatable bonds is 5. The van der Waals surface area contributed by atoms with Gasteiger partial charge in [-0.2, -0.15) is 23.4 Å². The number of aryl methyl sites for hydroxylation is 2. The van der Waals surface area contributed by atoms with E-state index in [9.17, 15) is 18.0 Å². The molecule has 0 fully saturated rings. The minimum absolute atomic E-state index is 0.0198. The van der Waals surface area contributed by atoms with Crippen molar-refractivity contribution >= 4 is 27.7 Å². The van der Waals surface area contributed by atoms with E-state index in [1.807, 2.05) is 6.92 Å². The lowest BCUT2D eigenvalue weighted by Gasteiger charge is -2.09. The maximum Gasteiger partial charge on any atom is 0.416 e. The zero-order chi connectivity index (χ0) is 20.5. The van der Waals surface area contributed by atoms with Crippen LogP contribution in [0.25, 0.3) is 0 Å². The van der Waals surface area contributed by atoms with Gasteiger partial charge in [0.2, 0.25) is 5.91 Å². The van der Waals surface area contributed by atoms with E-state index in [0.29, 0.717) is 17.1 Å². The van der Waals surface area contributed by atoms with Gasteiger partial charge in [-0.25, -0.2) is 0 Å². The molecule has 10 heteroatoms. The Labute approximate surface area is 167 Å². The maximum atomic E-state index is 12.9. The monoisotopic (exact) mass is 455 g/mol. The Morgan fingerprint density at radius 2 is 1.96 bits per heavy atom. The number of carbonyl (C=O) groups is 1. The Morgan fingerprint density at radius 3 is 2.61 bits per heavy atom. The maximum absolute atomic E-state index is 12.9. The standard InChI is InChI=1S/C18H17BrF3N5O/c1-11-6-16(23-17(28)10-26-9-15(19)12(2)24-26)25-27(11)8-13-4-3-5-14(7-13)18(20,21)22/h3-7,9H,8,10H2,1-2H3,(H,23,25,28). The first-order valence-corrected chi connectivity index (χ1v) is 9.11. The van der Waals surface area contributed by atoms with Gasteiger partial charge in [0.15, 0.2) is 5.82 Å². The highest BCUT2D eigenvalue weighted by Crippen LogP contribution is 2.29. The molecule has 0 aliphatic carbocycles. The van der Waals surface area contributed by atoms with E-state index in [1.54, 1.807) is 29.9 Å². The molecule has 2 aromatic heterocycles. The molecule has 0 saturated carbocycles. The van der Waals surface area contributed by atoms with Crippen LogP contribution in [-0.4, -0.2) is 25.5 Å². The summed E-state index contributed by atoms with van der Waals surface area (Å²) in [6, 6.07) is 6.75. The summed E-state index contributed by atoms with van der Waals surface area (Å²) < 4.78 is 42.4. The molecule has 3 aromatic rings. The fourth-order valence-electron chi connectivity index (χ4n) is 2.65. The Balaban J connectivity index is 1.68. The number of alkyl halides is 3. The van der Waals surface area contributed by atoms with Crippen LogP contribution < -0.4 is 5.32 Å². The summed E-state index contributed by atoms with van der Waals surface area (Å²) in [7, 11) is 0. The number of aromatic nitrogens is 4. The van der Waals surface area contributed by atoms with Gasteiger partial charge in [-0.15, -0.1) is 0 Å². The second kappa shape index (κ2) is 7.78. The number of hydrogen-bond donors (Lipinski definition) is 1. The number of hydrogen-bond acceptors (Lipinski definition) is 3. The summed E-state index contributed by atoms with van der Waals surface area (Å²) in [5.74, 6) is 0.0242. The smallest absolute Gasteiger partial charge is 0.308 e. The number of amides is 1. The molecule has 0 atom stereocenters. The largest absolute Gasteiger partial charge is 0.416 e. The lowest BCUT2D eigenvalue weighted by atomic mass is 10.1. The van der Waals surface area contributed by atoms with Crippen LogP contribution in [0.4, 0.5) is 19.0 Å². The van der Waals surface area contributed by atoms with Gasteiger partial charge in [0.1, 0.15) is 6.54 Å². The lowest BCUT2D eigenvalue weighted by molar-refractivity contribution is -0.137. The molecule has 0 unspecified atom stereocenters. The zero-order valence-corrected chi connectivity index (χ0v) is 16.7. The minimum atomic E-state index is -4.39. The molecule has 1 N–H and O–H groups in total. The molecule has 0 saturated heterocycles. The van der Waals surface area contributed by atoms with E-state index in [0.717, 1.165) is 22.3 Å². The summed E-state index contributed by atoms with van der Waals surface area (Å²) in [6.45, 7) is 3.77. The van der Waals surface area contributed by atoms with Crippen LogP contribution in [0, 0.1) is 13.8 Å². The second-order valence-corrected chi connectivity index (χ2v) is 7.19.